The molecular formula is C34H35ClF4N8O3. The number of rotatable bonds is 11. The molecule has 0 saturated heterocycles. The van der Waals surface area contributed by atoms with Crippen molar-refractivity contribution in [1.82, 2.24) is 29.4 Å². The van der Waals surface area contributed by atoms with Crippen LogP contribution in [0, 0.1) is 11.3 Å². The number of nitrogens with zero attached hydrogens (tertiary/aromatic N) is 7. The van der Waals surface area contributed by atoms with Crippen LogP contribution in [0.3, 0.4) is 0 Å². The third-order valence-corrected chi connectivity index (χ3v) is 8.94. The Morgan fingerprint density at radius 2 is 1.88 bits per heavy atom. The smallest absolute Gasteiger partial charge is 0.306 e. The van der Waals surface area contributed by atoms with Gasteiger partial charge in [-0.2, -0.15) is 10.2 Å². The summed E-state index contributed by atoms with van der Waals surface area (Å²) in [6.45, 7) is 2.69. The topological polar surface area (TPSA) is 134 Å². The van der Waals surface area contributed by atoms with Gasteiger partial charge in [-0.05, 0) is 40.7 Å². The number of halogens is 5. The lowest BCUT2D eigenvalue weighted by atomic mass is 9.75. The van der Waals surface area contributed by atoms with Crippen LogP contribution >= 0.6 is 11.6 Å². The molecule has 0 radical (unpaired) electrons. The Bertz CT molecular complexity index is 2070. The maximum Gasteiger partial charge on any atom is 0.306 e. The number of aromatic nitrogens is 5. The molecule has 6 rings (SSSR count). The Kier molecular flexibility index (Phi) is 8.01. The SMILES string of the molecule is [2H]C([2H])([2H])n1cc(-c2ccc([C@@]3(CC(C)(C)C)N=C(N)N([C@H](COC(=O)C[C@H]4CC4(F)F)c4ccc(Cl)c(-n5ncnc5C(F)F)c4)C3=O)cc2)cn1. The van der Waals surface area contributed by atoms with E-state index in [4.69, 9.17) is 31.2 Å². The first kappa shape index (κ1) is 31.2. The number of aliphatic imine (C=N–C) groups is 1. The molecule has 0 spiro atoms. The van der Waals surface area contributed by atoms with Gasteiger partial charge in [0.1, 0.15) is 12.9 Å². The molecule has 3 heterocycles. The summed E-state index contributed by atoms with van der Waals surface area (Å²) in [7, 11) is 0. The molecule has 0 bridgehead atoms. The van der Waals surface area contributed by atoms with Gasteiger partial charge in [0, 0.05) is 35.2 Å². The minimum atomic E-state index is -3.01. The maximum atomic E-state index is 14.9. The van der Waals surface area contributed by atoms with E-state index >= 15 is 0 Å². The van der Waals surface area contributed by atoms with E-state index in [9.17, 15) is 27.2 Å². The average Bonchev–Trinajstić information content (AvgIpc) is 3.53. The van der Waals surface area contributed by atoms with Crippen molar-refractivity contribution in [3.63, 3.8) is 0 Å². The fourth-order valence-corrected chi connectivity index (χ4v) is 6.41. The first-order valence-electron chi connectivity index (χ1n) is 17.1. The zero-order chi connectivity index (χ0) is 38.7. The number of hydrogen-bond acceptors (Lipinski definition) is 8. The van der Waals surface area contributed by atoms with E-state index in [1.807, 2.05) is 20.8 Å². The van der Waals surface area contributed by atoms with Crippen LogP contribution in [0.1, 0.15) is 73.6 Å². The molecule has 1 aliphatic carbocycles. The normalized spacial score (nSPS) is 21.8. The number of aryl methyl sites for hydroxylation is 1. The van der Waals surface area contributed by atoms with Gasteiger partial charge >= 0.3 is 5.97 Å². The highest BCUT2D eigenvalue weighted by atomic mass is 35.5. The number of hydrogen-bond donors (Lipinski definition) is 1. The van der Waals surface area contributed by atoms with Crippen molar-refractivity contribution in [3.8, 4) is 16.8 Å². The van der Waals surface area contributed by atoms with Gasteiger partial charge in [0.05, 0.1) is 29.4 Å². The second-order valence-corrected chi connectivity index (χ2v) is 14.0. The second-order valence-electron chi connectivity index (χ2n) is 13.6. The van der Waals surface area contributed by atoms with Crippen LogP contribution in [0.15, 0.2) is 66.2 Å². The van der Waals surface area contributed by atoms with Crippen molar-refractivity contribution in [1.29, 1.82) is 0 Å². The molecule has 11 nitrogen and oxygen atoms in total. The number of carbonyl (C=O) groups excluding carboxylic acids is 2. The van der Waals surface area contributed by atoms with Crippen LogP contribution < -0.4 is 5.73 Å². The maximum absolute atomic E-state index is 14.9. The number of amides is 1. The van der Waals surface area contributed by atoms with Crippen LogP contribution in [-0.4, -0.2) is 59.8 Å². The zero-order valence-corrected chi connectivity index (χ0v) is 27.9. The molecule has 2 aliphatic rings. The molecule has 2 aromatic heterocycles. The molecule has 1 saturated carbocycles. The summed E-state index contributed by atoms with van der Waals surface area (Å²) in [4.78, 5) is 37.2. The van der Waals surface area contributed by atoms with Gasteiger partial charge in [-0.15, -0.1) is 0 Å². The quantitative estimate of drug-likeness (QED) is 0.141. The van der Waals surface area contributed by atoms with Crippen molar-refractivity contribution in [2.75, 3.05) is 6.61 Å². The van der Waals surface area contributed by atoms with E-state index in [1.54, 1.807) is 24.3 Å². The highest BCUT2D eigenvalue weighted by molar-refractivity contribution is 6.32. The number of carbonyl (C=O) groups is 2. The van der Waals surface area contributed by atoms with Crippen LogP contribution in [0.2, 0.25) is 5.02 Å². The Morgan fingerprint density at radius 1 is 1.16 bits per heavy atom. The van der Waals surface area contributed by atoms with Gasteiger partial charge in [0.2, 0.25) is 0 Å². The third kappa shape index (κ3) is 6.82. The van der Waals surface area contributed by atoms with Gasteiger partial charge < -0.3 is 10.5 Å². The Labute approximate surface area is 294 Å². The molecule has 264 valence electrons. The number of benzene rings is 2. The molecule has 2 aromatic carbocycles. The minimum Gasteiger partial charge on any atom is -0.463 e. The standard InChI is InChI=1S/C34H35ClF4N8O3/c1-32(2,3)17-33(22-8-5-19(6-9-22)21-14-42-45(4)15-21)30(49)46(31(40)44-33)26(16-50-27(48)12-23-13-34(23,38)39)20-7-10-24(35)25(11-20)47-29(28(36)37)41-18-43-47/h5-11,14-15,18,23,26,28H,12-13,16-17H2,1-4H3,(H2,40,44)/t23-,26+,33+/m0/s1/i4D3. The number of esters is 1. The van der Waals surface area contributed by atoms with E-state index in [0.717, 1.165) is 20.6 Å². The van der Waals surface area contributed by atoms with E-state index in [0.29, 0.717) is 16.7 Å². The lowest BCUT2D eigenvalue weighted by Gasteiger charge is -2.35. The Morgan fingerprint density at radius 3 is 2.50 bits per heavy atom. The first-order chi connectivity index (χ1) is 24.7. The van der Waals surface area contributed by atoms with E-state index in [2.05, 4.69) is 15.2 Å². The summed E-state index contributed by atoms with van der Waals surface area (Å²) in [5, 5.41) is 7.83. The number of ether oxygens (including phenoxy) is 1. The van der Waals surface area contributed by atoms with Crippen molar-refractivity contribution >= 4 is 29.4 Å². The van der Waals surface area contributed by atoms with E-state index in [1.165, 1.54) is 30.6 Å². The number of nitrogens with two attached hydrogens (primary N) is 1. The Hall–Kier alpha value is -4.79. The summed E-state index contributed by atoms with van der Waals surface area (Å²) < 4.78 is 84.9. The summed E-state index contributed by atoms with van der Waals surface area (Å²) in [6.07, 6.45) is -0.145. The molecule has 4 aromatic rings. The minimum absolute atomic E-state index is 0.00817. The summed E-state index contributed by atoms with van der Waals surface area (Å²) in [6, 6.07) is 9.74. The molecule has 1 aliphatic heterocycles. The van der Waals surface area contributed by atoms with Crippen molar-refractivity contribution in [2.45, 2.75) is 64.0 Å². The lowest BCUT2D eigenvalue weighted by Crippen LogP contribution is -2.47. The van der Waals surface area contributed by atoms with Crippen molar-refractivity contribution in [3.05, 3.63) is 83.2 Å². The summed E-state index contributed by atoms with van der Waals surface area (Å²) >= 11 is 6.43. The van der Waals surface area contributed by atoms with Crippen molar-refractivity contribution < 1.29 is 36.0 Å². The third-order valence-electron chi connectivity index (χ3n) is 8.62. The van der Waals surface area contributed by atoms with E-state index < -0.39 is 79.4 Å². The molecule has 3 atom stereocenters. The highest BCUT2D eigenvalue weighted by Crippen LogP contribution is 2.51. The van der Waals surface area contributed by atoms with Crippen LogP contribution in [0.25, 0.3) is 16.8 Å². The highest BCUT2D eigenvalue weighted by Gasteiger charge is 2.58. The predicted octanol–water partition coefficient (Wildman–Crippen LogP) is 6.38. The summed E-state index contributed by atoms with van der Waals surface area (Å²) in [5.41, 5.74) is 6.23. The zero-order valence-electron chi connectivity index (χ0n) is 30.2. The first-order valence-corrected chi connectivity index (χ1v) is 15.9. The van der Waals surface area contributed by atoms with Gasteiger partial charge in [-0.25, -0.2) is 32.2 Å². The van der Waals surface area contributed by atoms with Crippen LogP contribution in [-0.2, 0) is 26.8 Å². The van der Waals surface area contributed by atoms with Gasteiger partial charge in [-0.3, -0.25) is 19.2 Å². The second kappa shape index (κ2) is 12.8. The molecule has 50 heavy (non-hydrogen) atoms. The predicted molar refractivity (Wildman–Crippen MR) is 176 cm³/mol. The van der Waals surface area contributed by atoms with Gasteiger partial charge in [-0.1, -0.05) is 62.7 Å². The van der Waals surface area contributed by atoms with Gasteiger partial charge in [0.15, 0.2) is 17.3 Å². The fraction of sp³-hybridized carbons (Fsp3) is 0.412. The molecule has 1 amide bonds. The lowest BCUT2D eigenvalue weighted by molar-refractivity contribution is -0.148. The largest absolute Gasteiger partial charge is 0.463 e. The summed E-state index contributed by atoms with van der Waals surface area (Å²) in [5.74, 6) is -6.61. The van der Waals surface area contributed by atoms with Crippen LogP contribution in [0.5, 0.6) is 0 Å². The number of guanidine groups is 1. The molecular weight excluding hydrogens is 680 g/mol. The molecule has 16 heteroatoms. The van der Waals surface area contributed by atoms with E-state index in [-0.39, 0.29) is 28.7 Å². The van der Waals surface area contributed by atoms with Crippen molar-refractivity contribution in [2.24, 2.45) is 29.0 Å². The molecule has 1 fully saturated rings. The number of alkyl halides is 4. The molecule has 0 unspecified atom stereocenters. The average molecular weight is 718 g/mol. The fourth-order valence-electron chi connectivity index (χ4n) is 6.21. The Balaban J connectivity index is 1.39. The van der Waals surface area contributed by atoms with Gasteiger partial charge in [0.25, 0.3) is 18.3 Å². The van der Waals surface area contributed by atoms with Crippen LogP contribution in [0.4, 0.5) is 17.6 Å². The monoisotopic (exact) mass is 717 g/mol. The molecule has 2 N–H and O–H groups in total.